The molecule has 0 bridgehead atoms. The van der Waals surface area contributed by atoms with Crippen molar-refractivity contribution in [2.75, 3.05) is 0 Å². The van der Waals surface area contributed by atoms with Gasteiger partial charge in [0.1, 0.15) is 0 Å². The Morgan fingerprint density at radius 1 is 1.54 bits per heavy atom. The van der Waals surface area contributed by atoms with Gasteiger partial charge in [0.05, 0.1) is 20.7 Å². The normalized spacial score (nSPS) is 10.5. The summed E-state index contributed by atoms with van der Waals surface area (Å²) in [5.74, 6) is 0. The van der Waals surface area contributed by atoms with E-state index < -0.39 is 0 Å². The Morgan fingerprint density at radius 2 is 2.31 bits per heavy atom. The van der Waals surface area contributed by atoms with Crippen molar-refractivity contribution < 1.29 is 4.92 Å². The number of aromatic nitrogens is 1. The van der Waals surface area contributed by atoms with E-state index in [1.165, 1.54) is 17.4 Å². The third-order valence-electron chi connectivity index (χ3n) is 1.85. The second kappa shape index (κ2) is 2.77. The first kappa shape index (κ1) is 8.12. The van der Waals surface area contributed by atoms with Crippen molar-refractivity contribution in [1.29, 1.82) is 0 Å². The minimum atomic E-state index is -0.381. The quantitative estimate of drug-likeness (QED) is 0.517. The van der Waals surface area contributed by atoms with Gasteiger partial charge in [0.2, 0.25) is 0 Å². The maximum Gasteiger partial charge on any atom is 0.274 e. The number of thiazole rings is 1. The molecule has 1 aromatic heterocycles. The largest absolute Gasteiger partial charge is 0.274 e. The fourth-order valence-electron chi connectivity index (χ4n) is 1.19. The lowest BCUT2D eigenvalue weighted by molar-refractivity contribution is -0.385. The summed E-state index contributed by atoms with van der Waals surface area (Å²) in [7, 11) is 0. The van der Waals surface area contributed by atoms with E-state index in [9.17, 15) is 10.1 Å². The van der Waals surface area contributed by atoms with Gasteiger partial charge in [-0.3, -0.25) is 10.1 Å². The van der Waals surface area contributed by atoms with Crippen molar-refractivity contribution >= 4 is 27.2 Å². The second-order valence-electron chi connectivity index (χ2n) is 2.72. The maximum atomic E-state index is 10.6. The van der Waals surface area contributed by atoms with Crippen LogP contribution in [0.3, 0.4) is 0 Å². The van der Waals surface area contributed by atoms with Crippen LogP contribution in [0.5, 0.6) is 0 Å². The molecule has 0 atom stereocenters. The Bertz CT molecular complexity index is 478. The molecule has 4 nitrogen and oxygen atoms in total. The predicted octanol–water partition coefficient (Wildman–Crippen LogP) is 2.51. The van der Waals surface area contributed by atoms with Crippen LogP contribution in [-0.2, 0) is 0 Å². The Kier molecular flexibility index (Phi) is 1.73. The van der Waals surface area contributed by atoms with Gasteiger partial charge in [-0.25, -0.2) is 4.98 Å². The van der Waals surface area contributed by atoms with Crippen molar-refractivity contribution in [3.05, 3.63) is 33.3 Å². The fraction of sp³-hybridized carbons (Fsp3) is 0.125. The lowest BCUT2D eigenvalue weighted by atomic mass is 10.2. The van der Waals surface area contributed by atoms with Crippen LogP contribution in [0, 0.1) is 17.0 Å². The van der Waals surface area contributed by atoms with E-state index in [0.717, 1.165) is 4.70 Å². The molecule has 0 unspecified atom stereocenters. The number of nitrogens with zero attached hydrogens (tertiary/aromatic N) is 2. The summed E-state index contributed by atoms with van der Waals surface area (Å²) in [5, 5.41) is 10.6. The molecule has 0 aliphatic rings. The third kappa shape index (κ3) is 1.27. The second-order valence-corrected chi connectivity index (χ2v) is 3.60. The van der Waals surface area contributed by atoms with Crippen LogP contribution in [-0.4, -0.2) is 9.91 Å². The van der Waals surface area contributed by atoms with Crippen LogP contribution in [0.25, 0.3) is 10.2 Å². The van der Waals surface area contributed by atoms with Crippen molar-refractivity contribution in [3.8, 4) is 0 Å². The molecule has 2 aromatic rings. The summed E-state index contributed by atoms with van der Waals surface area (Å²) in [5.41, 5.74) is 3.20. The number of benzene rings is 1. The Morgan fingerprint density at radius 3 is 3.00 bits per heavy atom. The third-order valence-corrected chi connectivity index (χ3v) is 2.64. The van der Waals surface area contributed by atoms with Crippen LogP contribution in [0.4, 0.5) is 5.69 Å². The topological polar surface area (TPSA) is 56.0 Å². The summed E-state index contributed by atoms with van der Waals surface area (Å²) < 4.78 is 0.989. The van der Waals surface area contributed by atoms with Crippen molar-refractivity contribution in [1.82, 2.24) is 4.98 Å². The van der Waals surface area contributed by atoms with Gasteiger partial charge in [-0.15, -0.1) is 11.3 Å². The minimum Gasteiger partial charge on any atom is -0.258 e. The molecule has 0 amide bonds. The number of nitro groups is 1. The highest BCUT2D eigenvalue weighted by Crippen LogP contribution is 2.26. The van der Waals surface area contributed by atoms with E-state index in [4.69, 9.17) is 0 Å². The number of fused-ring (bicyclic) bond motifs is 1. The van der Waals surface area contributed by atoms with E-state index in [1.807, 2.05) is 0 Å². The summed E-state index contributed by atoms with van der Waals surface area (Å²) in [4.78, 5) is 14.2. The van der Waals surface area contributed by atoms with Gasteiger partial charge >= 0.3 is 0 Å². The standard InChI is InChI=1S/C8H6N2O2S/c1-5-2-8-6(9-4-13-8)3-7(5)10(11)12/h2-4H,1H3. The van der Waals surface area contributed by atoms with Crippen LogP contribution in [0.15, 0.2) is 17.6 Å². The van der Waals surface area contributed by atoms with Crippen LogP contribution in [0.2, 0.25) is 0 Å². The molecular formula is C8H6N2O2S. The van der Waals surface area contributed by atoms with Crippen molar-refractivity contribution in [3.63, 3.8) is 0 Å². The van der Waals surface area contributed by atoms with Gasteiger partial charge in [0.25, 0.3) is 5.69 Å². The van der Waals surface area contributed by atoms with E-state index >= 15 is 0 Å². The lowest BCUT2D eigenvalue weighted by Gasteiger charge is -1.95. The van der Waals surface area contributed by atoms with E-state index in [1.54, 1.807) is 18.5 Å². The molecule has 2 rings (SSSR count). The Balaban J connectivity index is 2.76. The van der Waals surface area contributed by atoms with Gasteiger partial charge in [-0.1, -0.05) is 0 Å². The zero-order valence-electron chi connectivity index (χ0n) is 6.85. The zero-order valence-corrected chi connectivity index (χ0v) is 7.67. The molecule has 1 heterocycles. The van der Waals surface area contributed by atoms with Crippen LogP contribution >= 0.6 is 11.3 Å². The molecular weight excluding hydrogens is 188 g/mol. The smallest absolute Gasteiger partial charge is 0.258 e. The van der Waals surface area contributed by atoms with Gasteiger partial charge in [-0.2, -0.15) is 0 Å². The first-order valence-corrected chi connectivity index (χ1v) is 4.54. The van der Waals surface area contributed by atoms with Gasteiger partial charge in [0.15, 0.2) is 0 Å². The molecule has 66 valence electrons. The number of hydrogen-bond donors (Lipinski definition) is 0. The number of rotatable bonds is 1. The fourth-order valence-corrected chi connectivity index (χ4v) is 1.95. The number of nitro benzene ring substituents is 1. The van der Waals surface area contributed by atoms with E-state index in [2.05, 4.69) is 4.98 Å². The SMILES string of the molecule is Cc1cc2scnc2cc1[N+](=O)[O-]. The molecule has 0 saturated carbocycles. The first-order valence-electron chi connectivity index (χ1n) is 3.67. The first-order chi connectivity index (χ1) is 6.18. The summed E-state index contributed by atoms with van der Waals surface area (Å²) in [6.07, 6.45) is 0. The van der Waals surface area contributed by atoms with Gasteiger partial charge < -0.3 is 0 Å². The van der Waals surface area contributed by atoms with Crippen molar-refractivity contribution in [2.45, 2.75) is 6.92 Å². The Labute approximate surface area is 78.0 Å². The highest BCUT2D eigenvalue weighted by molar-refractivity contribution is 7.16. The molecule has 0 spiro atoms. The molecule has 0 aliphatic heterocycles. The molecule has 0 aliphatic carbocycles. The lowest BCUT2D eigenvalue weighted by Crippen LogP contribution is -1.90. The predicted molar refractivity (Wildman–Crippen MR) is 51.0 cm³/mol. The molecule has 1 aromatic carbocycles. The molecule has 13 heavy (non-hydrogen) atoms. The monoisotopic (exact) mass is 194 g/mol. The van der Waals surface area contributed by atoms with Gasteiger partial charge in [0, 0.05) is 11.6 Å². The molecule has 5 heteroatoms. The number of hydrogen-bond acceptors (Lipinski definition) is 4. The minimum absolute atomic E-state index is 0.137. The zero-order chi connectivity index (χ0) is 9.42. The average Bonchev–Trinajstić information content (AvgIpc) is 2.48. The molecule has 0 radical (unpaired) electrons. The molecule has 0 N–H and O–H groups in total. The maximum absolute atomic E-state index is 10.6. The van der Waals surface area contributed by atoms with Crippen molar-refractivity contribution in [2.24, 2.45) is 0 Å². The number of aryl methyl sites for hydroxylation is 1. The molecule has 0 saturated heterocycles. The Hall–Kier alpha value is -1.49. The summed E-state index contributed by atoms with van der Waals surface area (Å²) in [6.45, 7) is 1.73. The van der Waals surface area contributed by atoms with Gasteiger partial charge in [-0.05, 0) is 13.0 Å². The van der Waals surface area contributed by atoms with Crippen LogP contribution in [0.1, 0.15) is 5.56 Å². The van der Waals surface area contributed by atoms with Crippen LogP contribution < -0.4 is 0 Å². The highest BCUT2D eigenvalue weighted by atomic mass is 32.1. The average molecular weight is 194 g/mol. The highest BCUT2D eigenvalue weighted by Gasteiger charge is 2.12. The van der Waals surface area contributed by atoms with E-state index in [-0.39, 0.29) is 10.6 Å². The molecule has 0 fully saturated rings. The summed E-state index contributed by atoms with van der Waals surface area (Å²) in [6, 6.07) is 3.31. The van der Waals surface area contributed by atoms with E-state index in [0.29, 0.717) is 11.1 Å². The summed E-state index contributed by atoms with van der Waals surface area (Å²) >= 11 is 1.49.